The van der Waals surface area contributed by atoms with E-state index in [-0.39, 0.29) is 5.91 Å². The molecule has 8 nitrogen and oxygen atoms in total. The Morgan fingerprint density at radius 2 is 2.03 bits per heavy atom. The first kappa shape index (κ1) is 19.7. The molecule has 0 saturated carbocycles. The van der Waals surface area contributed by atoms with Crippen molar-refractivity contribution < 1.29 is 4.79 Å². The lowest BCUT2D eigenvalue weighted by Crippen LogP contribution is -2.24. The summed E-state index contributed by atoms with van der Waals surface area (Å²) in [6.07, 6.45) is 5.56. The van der Waals surface area contributed by atoms with Crippen molar-refractivity contribution in [2.24, 2.45) is 0 Å². The molecular weight excluding hydrogens is 398 g/mol. The minimum Gasteiger partial charge on any atom is -0.352 e. The zero-order valence-electron chi connectivity index (χ0n) is 16.4. The van der Waals surface area contributed by atoms with Crippen molar-refractivity contribution >= 4 is 18.1 Å². The van der Waals surface area contributed by atoms with Crippen LogP contribution in [0.15, 0.2) is 61.1 Å². The number of aromatic amines is 1. The van der Waals surface area contributed by atoms with Gasteiger partial charge in [-0.15, -0.1) is 0 Å². The Kier molecular flexibility index (Phi) is 5.80. The van der Waals surface area contributed by atoms with Gasteiger partial charge in [-0.05, 0) is 36.8 Å². The van der Waals surface area contributed by atoms with E-state index in [1.54, 1.807) is 17.1 Å². The van der Waals surface area contributed by atoms with E-state index in [0.717, 1.165) is 22.8 Å². The van der Waals surface area contributed by atoms with Crippen LogP contribution in [0.4, 0.5) is 0 Å². The summed E-state index contributed by atoms with van der Waals surface area (Å²) in [5.41, 5.74) is 3.04. The molecule has 2 N–H and O–H groups in total. The van der Waals surface area contributed by atoms with Gasteiger partial charge in [-0.25, -0.2) is 9.67 Å². The summed E-state index contributed by atoms with van der Waals surface area (Å²) >= 11 is 5.34. The first-order valence-electron chi connectivity index (χ1n) is 9.54. The van der Waals surface area contributed by atoms with Crippen molar-refractivity contribution in [2.75, 3.05) is 0 Å². The highest BCUT2D eigenvalue weighted by Gasteiger charge is 2.11. The number of hydrogen-bond acceptors (Lipinski definition) is 5. The normalized spacial score (nSPS) is 10.8. The standard InChI is InChI=1S/C21H21N7OS/c1-15-3-6-17(7-4-15)20-25-26-21(30)27(20)12-9-19(29)23-14-16-5-8-18(22-13-16)28-11-2-10-24-28/h2-8,10-11,13H,9,12,14H2,1H3,(H,23,29)(H,26,30). The van der Waals surface area contributed by atoms with Crippen molar-refractivity contribution in [3.8, 4) is 17.2 Å². The van der Waals surface area contributed by atoms with E-state index in [4.69, 9.17) is 12.2 Å². The molecule has 0 aliphatic heterocycles. The van der Waals surface area contributed by atoms with Gasteiger partial charge < -0.3 is 5.32 Å². The molecular formula is C21H21N7OS. The lowest BCUT2D eigenvalue weighted by Gasteiger charge is -2.09. The molecule has 0 saturated heterocycles. The molecule has 0 atom stereocenters. The number of aryl methyl sites for hydroxylation is 1. The number of nitrogens with one attached hydrogen (secondary N) is 2. The molecule has 0 radical (unpaired) electrons. The van der Waals surface area contributed by atoms with Crippen molar-refractivity contribution in [3.05, 3.63) is 77.0 Å². The van der Waals surface area contributed by atoms with Crippen LogP contribution in [0.2, 0.25) is 0 Å². The van der Waals surface area contributed by atoms with Gasteiger partial charge in [0.2, 0.25) is 5.91 Å². The van der Waals surface area contributed by atoms with Crippen molar-refractivity contribution in [1.82, 2.24) is 34.8 Å². The third-order valence-corrected chi connectivity index (χ3v) is 4.98. The van der Waals surface area contributed by atoms with Crippen LogP contribution in [0, 0.1) is 11.7 Å². The van der Waals surface area contributed by atoms with Gasteiger partial charge in [0.1, 0.15) is 0 Å². The predicted octanol–water partition coefficient (Wildman–Crippen LogP) is 3.20. The van der Waals surface area contributed by atoms with Gasteiger partial charge in [0.05, 0.1) is 0 Å². The van der Waals surface area contributed by atoms with E-state index < -0.39 is 0 Å². The average Bonchev–Trinajstić information content (AvgIpc) is 3.42. The first-order valence-corrected chi connectivity index (χ1v) is 9.95. The van der Waals surface area contributed by atoms with Crippen LogP contribution in [0.1, 0.15) is 17.5 Å². The van der Waals surface area contributed by atoms with E-state index in [1.165, 1.54) is 5.56 Å². The van der Waals surface area contributed by atoms with E-state index >= 15 is 0 Å². The van der Waals surface area contributed by atoms with Gasteiger partial charge in [0.25, 0.3) is 0 Å². The lowest BCUT2D eigenvalue weighted by molar-refractivity contribution is -0.121. The molecule has 3 aromatic heterocycles. The van der Waals surface area contributed by atoms with E-state index in [9.17, 15) is 4.79 Å². The molecule has 1 aromatic carbocycles. The van der Waals surface area contributed by atoms with E-state index in [1.807, 2.05) is 60.2 Å². The van der Waals surface area contributed by atoms with Crippen LogP contribution in [0.5, 0.6) is 0 Å². The molecule has 0 aliphatic carbocycles. The summed E-state index contributed by atoms with van der Waals surface area (Å²) in [6.45, 7) is 2.89. The summed E-state index contributed by atoms with van der Waals surface area (Å²) in [5, 5.41) is 14.2. The fraction of sp³-hybridized carbons (Fsp3) is 0.190. The van der Waals surface area contributed by atoms with Crippen LogP contribution in [0.25, 0.3) is 17.2 Å². The summed E-state index contributed by atoms with van der Waals surface area (Å²) < 4.78 is 4.03. The van der Waals surface area contributed by atoms with Crippen LogP contribution in [-0.4, -0.2) is 35.4 Å². The zero-order valence-corrected chi connectivity index (χ0v) is 17.3. The quantitative estimate of drug-likeness (QED) is 0.449. The maximum Gasteiger partial charge on any atom is 0.222 e. The average molecular weight is 420 g/mol. The van der Waals surface area contributed by atoms with Gasteiger partial charge in [0.15, 0.2) is 16.4 Å². The second-order valence-corrected chi connectivity index (χ2v) is 7.26. The highest BCUT2D eigenvalue weighted by molar-refractivity contribution is 7.71. The minimum atomic E-state index is -0.0656. The molecule has 0 spiro atoms. The number of carbonyl (C=O) groups is 1. The maximum atomic E-state index is 12.3. The molecule has 0 fully saturated rings. The smallest absolute Gasteiger partial charge is 0.222 e. The van der Waals surface area contributed by atoms with Crippen LogP contribution < -0.4 is 5.32 Å². The zero-order chi connectivity index (χ0) is 20.9. The van der Waals surface area contributed by atoms with Crippen LogP contribution in [-0.2, 0) is 17.9 Å². The Morgan fingerprint density at radius 1 is 1.20 bits per heavy atom. The molecule has 30 heavy (non-hydrogen) atoms. The number of H-pyrrole nitrogens is 1. The Morgan fingerprint density at radius 3 is 2.73 bits per heavy atom. The number of benzene rings is 1. The monoisotopic (exact) mass is 419 g/mol. The number of amides is 1. The van der Waals surface area contributed by atoms with Gasteiger partial charge >= 0.3 is 0 Å². The molecule has 0 aliphatic rings. The third kappa shape index (κ3) is 4.52. The number of aromatic nitrogens is 6. The fourth-order valence-electron chi connectivity index (χ4n) is 3.01. The van der Waals surface area contributed by atoms with Gasteiger partial charge in [0, 0.05) is 43.7 Å². The molecule has 4 rings (SSSR count). The molecule has 3 heterocycles. The third-order valence-electron chi connectivity index (χ3n) is 4.67. The number of pyridine rings is 1. The largest absolute Gasteiger partial charge is 0.352 e. The molecule has 152 valence electrons. The molecule has 0 unspecified atom stereocenters. The Labute approximate surface area is 178 Å². The highest BCUT2D eigenvalue weighted by atomic mass is 32.1. The van der Waals surface area contributed by atoms with Gasteiger partial charge in [-0.3, -0.25) is 14.5 Å². The molecule has 0 bridgehead atoms. The number of carbonyl (C=O) groups excluding carboxylic acids is 1. The van der Waals surface area contributed by atoms with Crippen molar-refractivity contribution in [3.63, 3.8) is 0 Å². The van der Waals surface area contributed by atoms with Crippen molar-refractivity contribution in [2.45, 2.75) is 26.4 Å². The lowest BCUT2D eigenvalue weighted by atomic mass is 10.1. The van der Waals surface area contributed by atoms with Gasteiger partial charge in [-0.2, -0.15) is 10.2 Å². The van der Waals surface area contributed by atoms with Crippen LogP contribution >= 0.6 is 12.2 Å². The molecule has 1 amide bonds. The second-order valence-electron chi connectivity index (χ2n) is 6.87. The Balaban J connectivity index is 1.34. The van der Waals surface area contributed by atoms with E-state index in [0.29, 0.717) is 24.3 Å². The predicted molar refractivity (Wildman–Crippen MR) is 115 cm³/mol. The molecule has 4 aromatic rings. The van der Waals surface area contributed by atoms with Crippen LogP contribution in [0.3, 0.4) is 0 Å². The number of hydrogen-bond donors (Lipinski definition) is 2. The summed E-state index contributed by atoms with van der Waals surface area (Å²) in [5.74, 6) is 1.39. The first-order chi connectivity index (χ1) is 14.6. The fourth-order valence-corrected chi connectivity index (χ4v) is 3.24. The molecule has 9 heteroatoms. The highest BCUT2D eigenvalue weighted by Crippen LogP contribution is 2.18. The SMILES string of the molecule is Cc1ccc(-c2n[nH]c(=S)n2CCC(=O)NCc2ccc(-n3cccn3)nc2)cc1. The second kappa shape index (κ2) is 8.83. The number of nitrogens with zero attached hydrogens (tertiary/aromatic N) is 5. The van der Waals surface area contributed by atoms with E-state index in [2.05, 4.69) is 25.6 Å². The van der Waals surface area contributed by atoms with Crippen molar-refractivity contribution in [1.29, 1.82) is 0 Å². The van der Waals surface area contributed by atoms with Gasteiger partial charge in [-0.1, -0.05) is 35.9 Å². The Bertz CT molecular complexity index is 1180. The number of rotatable bonds is 7. The topological polar surface area (TPSA) is 93.4 Å². The Hall–Kier alpha value is -3.59. The summed E-state index contributed by atoms with van der Waals surface area (Å²) in [6, 6.07) is 13.7. The summed E-state index contributed by atoms with van der Waals surface area (Å²) in [7, 11) is 0. The minimum absolute atomic E-state index is 0.0656. The maximum absolute atomic E-state index is 12.3. The summed E-state index contributed by atoms with van der Waals surface area (Å²) in [4.78, 5) is 16.7.